The lowest BCUT2D eigenvalue weighted by atomic mass is 10.2. The van der Waals surface area contributed by atoms with Crippen LogP contribution in [0, 0.1) is 0 Å². The monoisotopic (exact) mass is 235 g/mol. The van der Waals surface area contributed by atoms with E-state index in [0.717, 1.165) is 26.2 Å². The van der Waals surface area contributed by atoms with Crippen molar-refractivity contribution in [2.45, 2.75) is 0 Å². The number of nitrogen functional groups attached to an aromatic ring is 1. The zero-order valence-corrected chi connectivity index (χ0v) is 9.89. The topological polar surface area (TPSA) is 74.5 Å². The van der Waals surface area contributed by atoms with E-state index in [2.05, 4.69) is 22.4 Å². The van der Waals surface area contributed by atoms with Crippen LogP contribution < -0.4 is 11.3 Å². The fourth-order valence-corrected chi connectivity index (χ4v) is 1.80. The van der Waals surface area contributed by atoms with Crippen LogP contribution in [-0.4, -0.2) is 53.9 Å². The number of hydrogen-bond donors (Lipinski definition) is 2. The third kappa shape index (κ3) is 2.72. The number of pyridine rings is 1. The second kappa shape index (κ2) is 5.11. The van der Waals surface area contributed by atoms with E-state index in [0.29, 0.717) is 11.4 Å². The summed E-state index contributed by atoms with van der Waals surface area (Å²) in [7, 11) is 2.06. The Morgan fingerprint density at radius 2 is 2.06 bits per heavy atom. The molecule has 1 aliphatic heterocycles. The lowest BCUT2D eigenvalue weighted by molar-refractivity contribution is 0.0663. The molecule has 2 heterocycles. The summed E-state index contributed by atoms with van der Waals surface area (Å²) < 4.78 is 0. The number of aromatic nitrogens is 1. The summed E-state index contributed by atoms with van der Waals surface area (Å²) in [5, 5.41) is 0. The highest BCUT2D eigenvalue weighted by Gasteiger charge is 2.20. The fourth-order valence-electron chi connectivity index (χ4n) is 1.80. The predicted molar refractivity (Wildman–Crippen MR) is 65.4 cm³/mol. The van der Waals surface area contributed by atoms with Gasteiger partial charge in [0.2, 0.25) is 0 Å². The van der Waals surface area contributed by atoms with Crippen molar-refractivity contribution in [3.8, 4) is 0 Å². The molecule has 1 aromatic heterocycles. The second-order valence-electron chi connectivity index (χ2n) is 4.17. The van der Waals surface area contributed by atoms with E-state index in [1.54, 1.807) is 18.3 Å². The molecule has 0 saturated carbocycles. The summed E-state index contributed by atoms with van der Waals surface area (Å²) in [6.45, 7) is 3.38. The molecule has 0 aliphatic carbocycles. The Kier molecular flexibility index (Phi) is 3.55. The average molecular weight is 235 g/mol. The summed E-state index contributed by atoms with van der Waals surface area (Å²) >= 11 is 0. The number of nitrogens with zero attached hydrogens (tertiary/aromatic N) is 3. The highest BCUT2D eigenvalue weighted by molar-refractivity contribution is 5.94. The van der Waals surface area contributed by atoms with Gasteiger partial charge >= 0.3 is 0 Å². The minimum Gasteiger partial charge on any atom is -0.336 e. The van der Waals surface area contributed by atoms with Crippen molar-refractivity contribution in [1.82, 2.24) is 14.8 Å². The summed E-state index contributed by atoms with van der Waals surface area (Å²) in [5.41, 5.74) is 3.04. The molecule has 92 valence electrons. The van der Waals surface area contributed by atoms with E-state index in [1.165, 1.54) is 0 Å². The number of hydrogen-bond acceptors (Lipinski definition) is 5. The van der Waals surface area contributed by atoms with Crippen LogP contribution >= 0.6 is 0 Å². The van der Waals surface area contributed by atoms with E-state index in [-0.39, 0.29) is 5.91 Å². The van der Waals surface area contributed by atoms with Gasteiger partial charge < -0.3 is 15.2 Å². The third-order valence-electron chi connectivity index (χ3n) is 2.95. The Bertz CT molecular complexity index is 383. The largest absolute Gasteiger partial charge is 0.336 e. The molecule has 1 saturated heterocycles. The Labute approximate surface area is 100 Å². The van der Waals surface area contributed by atoms with E-state index in [4.69, 9.17) is 5.84 Å². The number of carbonyl (C=O) groups excluding carboxylic acids is 1. The number of amides is 1. The Hall–Kier alpha value is -1.66. The maximum absolute atomic E-state index is 12.1. The van der Waals surface area contributed by atoms with Crippen LogP contribution in [0.1, 0.15) is 10.4 Å². The van der Waals surface area contributed by atoms with Crippen molar-refractivity contribution in [2.75, 3.05) is 38.7 Å². The minimum absolute atomic E-state index is 0.0363. The van der Waals surface area contributed by atoms with Gasteiger partial charge in [0.05, 0.1) is 5.56 Å². The van der Waals surface area contributed by atoms with Gasteiger partial charge in [-0.05, 0) is 19.2 Å². The Morgan fingerprint density at radius 3 is 2.59 bits per heavy atom. The number of carbonyl (C=O) groups is 1. The van der Waals surface area contributed by atoms with Crippen molar-refractivity contribution in [2.24, 2.45) is 5.84 Å². The van der Waals surface area contributed by atoms with Gasteiger partial charge in [0.1, 0.15) is 5.82 Å². The molecule has 0 unspecified atom stereocenters. The number of piperazine rings is 1. The van der Waals surface area contributed by atoms with E-state index in [9.17, 15) is 4.79 Å². The first-order valence-corrected chi connectivity index (χ1v) is 5.61. The highest BCUT2D eigenvalue weighted by Crippen LogP contribution is 2.09. The zero-order valence-electron chi connectivity index (χ0n) is 9.89. The van der Waals surface area contributed by atoms with Crippen LogP contribution in [0.25, 0.3) is 0 Å². The van der Waals surface area contributed by atoms with Crippen LogP contribution in [0.5, 0.6) is 0 Å². The molecule has 6 nitrogen and oxygen atoms in total. The molecule has 6 heteroatoms. The number of rotatable bonds is 2. The zero-order chi connectivity index (χ0) is 12.3. The molecule has 0 radical (unpaired) electrons. The van der Waals surface area contributed by atoms with Crippen molar-refractivity contribution < 1.29 is 4.79 Å². The standard InChI is InChI=1S/C11H17N5O/c1-15-4-6-16(7-5-15)11(17)9-2-3-10(14-12)13-8-9/h2-3,8H,4-7,12H2,1H3,(H,13,14). The molecule has 1 amide bonds. The summed E-state index contributed by atoms with van der Waals surface area (Å²) in [4.78, 5) is 20.2. The van der Waals surface area contributed by atoms with Gasteiger partial charge in [-0.25, -0.2) is 10.8 Å². The van der Waals surface area contributed by atoms with Gasteiger partial charge in [-0.15, -0.1) is 0 Å². The number of likely N-dealkylation sites (N-methyl/N-ethyl adjacent to an activating group) is 1. The molecule has 0 bridgehead atoms. The maximum Gasteiger partial charge on any atom is 0.255 e. The first-order valence-electron chi connectivity index (χ1n) is 5.61. The van der Waals surface area contributed by atoms with Gasteiger partial charge in [-0.1, -0.05) is 0 Å². The number of anilines is 1. The van der Waals surface area contributed by atoms with Crippen LogP contribution in [0.15, 0.2) is 18.3 Å². The van der Waals surface area contributed by atoms with E-state index < -0.39 is 0 Å². The van der Waals surface area contributed by atoms with Gasteiger partial charge in [0, 0.05) is 32.4 Å². The molecule has 1 aliphatic rings. The smallest absolute Gasteiger partial charge is 0.255 e. The Morgan fingerprint density at radius 1 is 1.35 bits per heavy atom. The van der Waals surface area contributed by atoms with Crippen molar-refractivity contribution in [3.63, 3.8) is 0 Å². The molecule has 0 aromatic carbocycles. The van der Waals surface area contributed by atoms with Gasteiger partial charge in [0.15, 0.2) is 0 Å². The third-order valence-corrected chi connectivity index (χ3v) is 2.95. The van der Waals surface area contributed by atoms with Crippen LogP contribution in [0.3, 0.4) is 0 Å². The predicted octanol–water partition coefficient (Wildman–Crippen LogP) is -0.245. The maximum atomic E-state index is 12.1. The average Bonchev–Trinajstić information content (AvgIpc) is 2.39. The molecule has 17 heavy (non-hydrogen) atoms. The first kappa shape index (κ1) is 11.8. The van der Waals surface area contributed by atoms with Crippen LogP contribution in [0.4, 0.5) is 5.82 Å². The molecular weight excluding hydrogens is 218 g/mol. The summed E-state index contributed by atoms with van der Waals surface area (Å²) in [6.07, 6.45) is 1.55. The number of nitrogens with one attached hydrogen (secondary N) is 1. The summed E-state index contributed by atoms with van der Waals surface area (Å²) in [5.74, 6) is 5.81. The quantitative estimate of drug-likeness (QED) is 0.546. The van der Waals surface area contributed by atoms with Crippen LogP contribution in [0.2, 0.25) is 0 Å². The molecule has 1 aromatic rings. The molecule has 1 fully saturated rings. The SMILES string of the molecule is CN1CCN(C(=O)c2ccc(NN)nc2)CC1. The van der Waals surface area contributed by atoms with Gasteiger partial charge in [-0.2, -0.15) is 0 Å². The van der Waals surface area contributed by atoms with E-state index >= 15 is 0 Å². The molecule has 0 spiro atoms. The summed E-state index contributed by atoms with van der Waals surface area (Å²) in [6, 6.07) is 3.44. The normalized spacial score (nSPS) is 16.9. The highest BCUT2D eigenvalue weighted by atomic mass is 16.2. The van der Waals surface area contributed by atoms with Gasteiger partial charge in [-0.3, -0.25) is 4.79 Å². The molecule has 2 rings (SSSR count). The van der Waals surface area contributed by atoms with Gasteiger partial charge in [0.25, 0.3) is 5.91 Å². The van der Waals surface area contributed by atoms with Crippen molar-refractivity contribution in [3.05, 3.63) is 23.9 Å². The van der Waals surface area contributed by atoms with E-state index in [1.807, 2.05) is 4.90 Å². The molecular formula is C11H17N5O. The van der Waals surface area contributed by atoms with Crippen molar-refractivity contribution >= 4 is 11.7 Å². The number of nitrogens with two attached hydrogens (primary N) is 1. The molecule has 3 N–H and O–H groups in total. The lowest BCUT2D eigenvalue weighted by Crippen LogP contribution is -2.47. The first-order chi connectivity index (χ1) is 8.20. The molecule has 0 atom stereocenters. The minimum atomic E-state index is 0.0363. The second-order valence-corrected chi connectivity index (χ2v) is 4.17. The number of hydrazine groups is 1. The fraction of sp³-hybridized carbons (Fsp3) is 0.455. The van der Waals surface area contributed by atoms with Crippen LogP contribution in [-0.2, 0) is 0 Å². The van der Waals surface area contributed by atoms with Crippen molar-refractivity contribution in [1.29, 1.82) is 0 Å². The Balaban J connectivity index is 2.03. The lowest BCUT2D eigenvalue weighted by Gasteiger charge is -2.32.